The fourth-order valence-electron chi connectivity index (χ4n) is 3.16. The molecule has 7 nitrogen and oxygen atoms in total. The Morgan fingerprint density at radius 1 is 1.23 bits per heavy atom. The summed E-state index contributed by atoms with van der Waals surface area (Å²) >= 11 is 0. The number of carbonyl (C=O) groups is 1. The summed E-state index contributed by atoms with van der Waals surface area (Å²) in [5.41, 5.74) is 1.46. The molecular weight excluding hydrogens is 335 g/mol. The molecular formula is C18H17FN6O. The van der Waals surface area contributed by atoms with Crippen LogP contribution in [0.25, 0.3) is 11.4 Å². The molecule has 2 aromatic heterocycles. The van der Waals surface area contributed by atoms with Crippen molar-refractivity contribution in [3.05, 3.63) is 59.7 Å². The molecule has 1 atom stereocenters. The van der Waals surface area contributed by atoms with Gasteiger partial charge in [0, 0.05) is 18.9 Å². The van der Waals surface area contributed by atoms with Crippen molar-refractivity contribution in [1.29, 1.82) is 0 Å². The number of nitrogens with zero attached hydrogens (tertiary/aromatic N) is 6. The lowest BCUT2D eigenvalue weighted by molar-refractivity contribution is -0.137. The van der Waals surface area contributed by atoms with Crippen LogP contribution in [0.1, 0.15) is 30.2 Å². The van der Waals surface area contributed by atoms with Gasteiger partial charge in [-0.05, 0) is 31.5 Å². The maximum absolute atomic E-state index is 13.4. The third kappa shape index (κ3) is 2.83. The second kappa shape index (κ2) is 6.29. The van der Waals surface area contributed by atoms with Gasteiger partial charge in [-0.2, -0.15) is 0 Å². The Bertz CT molecular complexity index is 968. The molecule has 0 bridgehead atoms. The van der Waals surface area contributed by atoms with Gasteiger partial charge in [0.05, 0.1) is 12.1 Å². The molecule has 1 amide bonds. The number of rotatable bonds is 3. The maximum Gasteiger partial charge on any atom is 0.246 e. The summed E-state index contributed by atoms with van der Waals surface area (Å²) in [5.74, 6) is 1.55. The van der Waals surface area contributed by atoms with Gasteiger partial charge in [-0.15, -0.1) is 10.2 Å². The Labute approximate surface area is 149 Å². The Balaban J connectivity index is 1.65. The molecule has 0 aliphatic carbocycles. The zero-order valence-corrected chi connectivity index (χ0v) is 14.4. The van der Waals surface area contributed by atoms with Crippen molar-refractivity contribution < 1.29 is 9.18 Å². The van der Waals surface area contributed by atoms with E-state index in [1.807, 2.05) is 11.5 Å². The fourth-order valence-corrected chi connectivity index (χ4v) is 3.16. The predicted octanol–water partition coefficient (Wildman–Crippen LogP) is 2.29. The van der Waals surface area contributed by atoms with E-state index in [9.17, 15) is 9.18 Å². The molecule has 1 aromatic carbocycles. The molecule has 132 valence electrons. The number of halogens is 1. The highest BCUT2D eigenvalue weighted by atomic mass is 19.1. The molecule has 4 rings (SSSR count). The SMILES string of the molecule is Cc1ncc(-c2nnc3n2[C@@H](C)C(=O)N(Cc2cccc(F)c2)C3)cn1. The minimum Gasteiger partial charge on any atom is -0.329 e. The topological polar surface area (TPSA) is 76.8 Å². The Morgan fingerprint density at radius 3 is 2.73 bits per heavy atom. The van der Waals surface area contributed by atoms with E-state index in [0.717, 1.165) is 5.56 Å². The molecule has 3 aromatic rings. The number of fused-ring (bicyclic) bond motifs is 1. The number of aromatic nitrogens is 5. The summed E-state index contributed by atoms with van der Waals surface area (Å²) in [6.07, 6.45) is 3.35. The van der Waals surface area contributed by atoms with Gasteiger partial charge in [-0.3, -0.25) is 9.36 Å². The van der Waals surface area contributed by atoms with E-state index in [2.05, 4.69) is 20.2 Å². The molecule has 0 saturated carbocycles. The van der Waals surface area contributed by atoms with Crippen molar-refractivity contribution >= 4 is 5.91 Å². The van der Waals surface area contributed by atoms with Crippen LogP contribution < -0.4 is 0 Å². The Hall–Kier alpha value is -3.16. The molecule has 0 N–H and O–H groups in total. The third-order valence-electron chi connectivity index (χ3n) is 4.46. The molecule has 8 heteroatoms. The normalized spacial score (nSPS) is 16.7. The first-order valence-electron chi connectivity index (χ1n) is 8.29. The predicted molar refractivity (Wildman–Crippen MR) is 91.2 cm³/mol. The van der Waals surface area contributed by atoms with E-state index in [1.165, 1.54) is 12.1 Å². The van der Waals surface area contributed by atoms with Gasteiger partial charge in [0.15, 0.2) is 11.6 Å². The molecule has 0 spiro atoms. The van der Waals surface area contributed by atoms with Crippen molar-refractivity contribution in [3.8, 4) is 11.4 Å². The monoisotopic (exact) mass is 352 g/mol. The highest BCUT2D eigenvalue weighted by molar-refractivity contribution is 5.82. The average Bonchev–Trinajstić information content (AvgIpc) is 3.04. The number of hydrogen-bond donors (Lipinski definition) is 0. The van der Waals surface area contributed by atoms with Gasteiger partial charge in [-0.1, -0.05) is 12.1 Å². The zero-order chi connectivity index (χ0) is 18.3. The number of amides is 1. The molecule has 0 radical (unpaired) electrons. The number of carbonyl (C=O) groups excluding carboxylic acids is 1. The lowest BCUT2D eigenvalue weighted by Gasteiger charge is -2.32. The molecule has 3 heterocycles. The van der Waals surface area contributed by atoms with Gasteiger partial charge in [0.25, 0.3) is 0 Å². The summed E-state index contributed by atoms with van der Waals surface area (Å²) < 4.78 is 15.2. The lowest BCUT2D eigenvalue weighted by atomic mass is 10.1. The molecule has 1 aliphatic rings. The first-order chi connectivity index (χ1) is 12.5. The molecule has 1 aliphatic heterocycles. The summed E-state index contributed by atoms with van der Waals surface area (Å²) in [4.78, 5) is 22.9. The second-order valence-electron chi connectivity index (χ2n) is 6.33. The minimum absolute atomic E-state index is 0.0594. The van der Waals surface area contributed by atoms with Crippen molar-refractivity contribution in [2.45, 2.75) is 33.0 Å². The highest BCUT2D eigenvalue weighted by Gasteiger charge is 2.33. The van der Waals surface area contributed by atoms with Gasteiger partial charge in [-0.25, -0.2) is 14.4 Å². The standard InChI is InChI=1S/C18H17FN6O/c1-11-18(26)24(9-13-4-3-5-15(19)6-13)10-16-22-23-17(25(11)16)14-7-20-12(2)21-8-14/h3-8,11H,9-10H2,1-2H3/t11-/m0/s1. The van der Waals surface area contributed by atoms with E-state index in [1.54, 1.807) is 36.4 Å². The van der Waals surface area contributed by atoms with Crippen molar-refractivity contribution in [2.24, 2.45) is 0 Å². The smallest absolute Gasteiger partial charge is 0.246 e. The van der Waals surface area contributed by atoms with Crippen LogP contribution in [-0.4, -0.2) is 35.5 Å². The van der Waals surface area contributed by atoms with E-state index in [-0.39, 0.29) is 11.7 Å². The van der Waals surface area contributed by atoms with Crippen LogP contribution >= 0.6 is 0 Å². The van der Waals surface area contributed by atoms with Crippen molar-refractivity contribution in [2.75, 3.05) is 0 Å². The number of aryl methyl sites for hydroxylation is 1. The Morgan fingerprint density at radius 2 is 2.00 bits per heavy atom. The summed E-state index contributed by atoms with van der Waals surface area (Å²) in [5, 5.41) is 8.47. The molecule has 0 saturated heterocycles. The maximum atomic E-state index is 13.4. The number of hydrogen-bond acceptors (Lipinski definition) is 5. The van der Waals surface area contributed by atoms with E-state index < -0.39 is 6.04 Å². The third-order valence-corrected chi connectivity index (χ3v) is 4.46. The summed E-state index contributed by atoms with van der Waals surface area (Å²) in [6.45, 7) is 4.27. The summed E-state index contributed by atoms with van der Waals surface area (Å²) in [7, 11) is 0. The lowest BCUT2D eigenvalue weighted by Crippen LogP contribution is -2.41. The van der Waals surface area contributed by atoms with E-state index in [0.29, 0.717) is 36.1 Å². The van der Waals surface area contributed by atoms with Gasteiger partial charge in [0.1, 0.15) is 17.7 Å². The number of benzene rings is 1. The largest absolute Gasteiger partial charge is 0.329 e. The van der Waals surface area contributed by atoms with Crippen LogP contribution in [0.2, 0.25) is 0 Å². The quantitative estimate of drug-likeness (QED) is 0.723. The second-order valence-corrected chi connectivity index (χ2v) is 6.33. The highest BCUT2D eigenvalue weighted by Crippen LogP contribution is 2.28. The average molecular weight is 352 g/mol. The van der Waals surface area contributed by atoms with Crippen molar-refractivity contribution in [1.82, 2.24) is 29.6 Å². The Kier molecular flexibility index (Phi) is 3.95. The first-order valence-corrected chi connectivity index (χ1v) is 8.29. The summed E-state index contributed by atoms with van der Waals surface area (Å²) in [6, 6.07) is 5.80. The van der Waals surface area contributed by atoms with Crippen LogP contribution in [0.15, 0.2) is 36.7 Å². The molecule has 0 fully saturated rings. The van der Waals surface area contributed by atoms with Crippen LogP contribution in [0, 0.1) is 12.7 Å². The minimum atomic E-state index is -0.460. The van der Waals surface area contributed by atoms with Crippen LogP contribution in [0.4, 0.5) is 4.39 Å². The van der Waals surface area contributed by atoms with E-state index in [4.69, 9.17) is 0 Å². The van der Waals surface area contributed by atoms with Crippen molar-refractivity contribution in [3.63, 3.8) is 0 Å². The van der Waals surface area contributed by atoms with Crippen LogP contribution in [0.3, 0.4) is 0 Å². The zero-order valence-electron chi connectivity index (χ0n) is 14.4. The van der Waals surface area contributed by atoms with E-state index >= 15 is 0 Å². The molecule has 0 unspecified atom stereocenters. The first kappa shape index (κ1) is 16.3. The van der Waals surface area contributed by atoms with Gasteiger partial charge >= 0.3 is 0 Å². The molecule has 26 heavy (non-hydrogen) atoms. The van der Waals surface area contributed by atoms with Gasteiger partial charge in [0.2, 0.25) is 5.91 Å². The van der Waals surface area contributed by atoms with Gasteiger partial charge < -0.3 is 4.90 Å². The fraction of sp³-hybridized carbons (Fsp3) is 0.278. The van der Waals surface area contributed by atoms with Crippen LogP contribution in [0.5, 0.6) is 0 Å². The van der Waals surface area contributed by atoms with Crippen LogP contribution in [-0.2, 0) is 17.9 Å².